The number of benzene rings is 1. The van der Waals surface area contributed by atoms with Crippen molar-refractivity contribution in [1.82, 2.24) is 15.0 Å². The van der Waals surface area contributed by atoms with E-state index < -0.39 is 0 Å². The first-order valence-corrected chi connectivity index (χ1v) is 8.99. The van der Waals surface area contributed by atoms with Crippen molar-refractivity contribution in [3.8, 4) is 11.1 Å². The van der Waals surface area contributed by atoms with Crippen LogP contribution < -0.4 is 10.6 Å². The molecule has 0 radical (unpaired) electrons. The van der Waals surface area contributed by atoms with Crippen LogP contribution in [0.1, 0.15) is 5.69 Å². The van der Waals surface area contributed by atoms with Gasteiger partial charge in [0.2, 0.25) is 5.95 Å². The number of pyridine rings is 1. The topological polar surface area (TPSA) is 62.7 Å². The molecule has 2 N–H and O–H groups in total. The maximum Gasteiger partial charge on any atom is 0.225 e. The minimum absolute atomic E-state index is 0.254. The average Bonchev–Trinajstić information content (AvgIpc) is 3.11. The van der Waals surface area contributed by atoms with Crippen molar-refractivity contribution in [2.24, 2.45) is 0 Å². The van der Waals surface area contributed by atoms with Crippen LogP contribution in [0.2, 0.25) is 0 Å². The Morgan fingerprint density at radius 2 is 1.92 bits per heavy atom. The number of hydrogen-bond donors (Lipinski definition) is 2. The molecule has 1 aromatic carbocycles. The Kier molecular flexibility index (Phi) is 4.45. The second-order valence-corrected chi connectivity index (χ2v) is 6.51. The molecule has 5 nitrogen and oxygen atoms in total. The van der Waals surface area contributed by atoms with Crippen molar-refractivity contribution in [3.63, 3.8) is 0 Å². The largest absolute Gasteiger partial charge is 0.364 e. The zero-order valence-corrected chi connectivity index (χ0v) is 14.8. The molecule has 0 fully saturated rings. The summed E-state index contributed by atoms with van der Waals surface area (Å²) < 4.78 is 13.3. The first-order valence-electron chi connectivity index (χ1n) is 8.11. The monoisotopic (exact) mass is 365 g/mol. The van der Waals surface area contributed by atoms with Crippen LogP contribution in [0.15, 0.2) is 54.0 Å². The number of fused-ring (bicyclic) bond motifs is 1. The van der Waals surface area contributed by atoms with E-state index >= 15 is 0 Å². The van der Waals surface area contributed by atoms with Gasteiger partial charge in [-0.25, -0.2) is 9.37 Å². The third-order valence-corrected chi connectivity index (χ3v) is 4.85. The Labute approximate surface area is 154 Å². The lowest BCUT2D eigenvalue weighted by atomic mass is 10.1. The molecular formula is C19H16FN5S. The van der Waals surface area contributed by atoms with Gasteiger partial charge in [0.25, 0.3) is 0 Å². The fourth-order valence-electron chi connectivity index (χ4n) is 2.70. The number of thiophene rings is 1. The molecule has 0 spiro atoms. The van der Waals surface area contributed by atoms with Gasteiger partial charge in [-0.05, 0) is 29.8 Å². The van der Waals surface area contributed by atoms with Gasteiger partial charge in [0.1, 0.15) is 16.5 Å². The van der Waals surface area contributed by atoms with Crippen molar-refractivity contribution in [1.29, 1.82) is 0 Å². The fourth-order valence-corrected chi connectivity index (χ4v) is 3.65. The van der Waals surface area contributed by atoms with Crippen LogP contribution in [0.3, 0.4) is 0 Å². The molecule has 7 heteroatoms. The molecule has 3 aromatic heterocycles. The Hall–Kier alpha value is -3.06. The lowest BCUT2D eigenvalue weighted by molar-refractivity contribution is 0.628. The molecule has 0 aliphatic rings. The summed E-state index contributed by atoms with van der Waals surface area (Å²) in [5.41, 5.74) is 2.83. The van der Waals surface area contributed by atoms with Gasteiger partial charge in [0.05, 0.1) is 17.6 Å². The maximum absolute atomic E-state index is 13.3. The quantitative estimate of drug-likeness (QED) is 0.543. The highest BCUT2D eigenvalue weighted by Gasteiger charge is 2.15. The van der Waals surface area contributed by atoms with Gasteiger partial charge in [-0.3, -0.25) is 4.98 Å². The summed E-state index contributed by atoms with van der Waals surface area (Å²) in [6.07, 6.45) is 1.76. The average molecular weight is 365 g/mol. The minimum Gasteiger partial charge on any atom is -0.364 e. The van der Waals surface area contributed by atoms with E-state index in [0.29, 0.717) is 12.5 Å². The van der Waals surface area contributed by atoms with Crippen LogP contribution in [0.4, 0.5) is 16.2 Å². The Morgan fingerprint density at radius 3 is 2.65 bits per heavy atom. The molecule has 4 aromatic rings. The molecule has 0 saturated heterocycles. The third-order valence-electron chi connectivity index (χ3n) is 3.98. The highest BCUT2D eigenvalue weighted by atomic mass is 32.1. The number of hydrogen-bond acceptors (Lipinski definition) is 6. The standard InChI is InChI=1S/C19H16FN5S/c1-21-19-24-17(23-10-14-4-2-3-9-22-14)16-15(11-26-18(16)25-19)12-5-7-13(20)8-6-12/h2-9,11H,10H2,1H3,(H2,21,23,24,25). The van der Waals surface area contributed by atoms with Gasteiger partial charge >= 0.3 is 0 Å². The van der Waals surface area contributed by atoms with Crippen molar-refractivity contribution in [2.45, 2.75) is 6.54 Å². The molecule has 0 unspecified atom stereocenters. The van der Waals surface area contributed by atoms with E-state index in [2.05, 4.69) is 25.6 Å². The zero-order valence-electron chi connectivity index (χ0n) is 14.0. The highest BCUT2D eigenvalue weighted by molar-refractivity contribution is 7.17. The van der Waals surface area contributed by atoms with Gasteiger partial charge in [0, 0.05) is 24.2 Å². The van der Waals surface area contributed by atoms with E-state index in [1.807, 2.05) is 23.6 Å². The summed E-state index contributed by atoms with van der Waals surface area (Å²) in [6, 6.07) is 12.3. The highest BCUT2D eigenvalue weighted by Crippen LogP contribution is 2.37. The van der Waals surface area contributed by atoms with Crippen LogP contribution in [0.25, 0.3) is 21.3 Å². The van der Waals surface area contributed by atoms with Crippen LogP contribution >= 0.6 is 11.3 Å². The van der Waals surface area contributed by atoms with Gasteiger partial charge < -0.3 is 10.6 Å². The SMILES string of the molecule is CNc1nc(NCc2ccccn2)c2c(-c3ccc(F)cc3)csc2n1. The zero-order chi connectivity index (χ0) is 17.9. The smallest absolute Gasteiger partial charge is 0.225 e. The molecule has 3 heterocycles. The summed E-state index contributed by atoms with van der Waals surface area (Å²) in [7, 11) is 1.79. The van der Waals surface area contributed by atoms with E-state index in [-0.39, 0.29) is 5.82 Å². The molecule has 0 saturated carbocycles. The minimum atomic E-state index is -0.254. The number of nitrogens with zero attached hydrogens (tertiary/aromatic N) is 3. The lowest BCUT2D eigenvalue weighted by Gasteiger charge is -2.10. The number of aromatic nitrogens is 3. The van der Waals surface area contributed by atoms with Crippen molar-refractivity contribution < 1.29 is 4.39 Å². The van der Waals surface area contributed by atoms with Crippen LogP contribution in [-0.2, 0) is 6.54 Å². The molecular weight excluding hydrogens is 349 g/mol. The van der Waals surface area contributed by atoms with Crippen LogP contribution in [-0.4, -0.2) is 22.0 Å². The van der Waals surface area contributed by atoms with E-state index in [0.717, 1.165) is 32.9 Å². The summed E-state index contributed by atoms with van der Waals surface area (Å²) in [5.74, 6) is 1.02. The van der Waals surface area contributed by atoms with E-state index in [1.165, 1.54) is 23.5 Å². The van der Waals surface area contributed by atoms with Gasteiger partial charge in [0.15, 0.2) is 0 Å². The van der Waals surface area contributed by atoms with Crippen molar-refractivity contribution >= 4 is 33.3 Å². The summed E-state index contributed by atoms with van der Waals surface area (Å²) in [5, 5.41) is 9.31. The Bertz CT molecular complexity index is 1030. The normalized spacial score (nSPS) is 10.8. The van der Waals surface area contributed by atoms with Crippen molar-refractivity contribution in [2.75, 3.05) is 17.7 Å². The van der Waals surface area contributed by atoms with E-state index in [9.17, 15) is 4.39 Å². The van der Waals surface area contributed by atoms with Gasteiger partial charge in [-0.15, -0.1) is 11.3 Å². The third kappa shape index (κ3) is 3.21. The van der Waals surface area contributed by atoms with Gasteiger partial charge in [-0.1, -0.05) is 18.2 Å². The number of halogens is 1. The molecule has 130 valence electrons. The lowest BCUT2D eigenvalue weighted by Crippen LogP contribution is -2.06. The predicted octanol–water partition coefficient (Wildman–Crippen LogP) is 4.55. The first-order chi connectivity index (χ1) is 12.7. The van der Waals surface area contributed by atoms with E-state index in [1.54, 1.807) is 25.4 Å². The van der Waals surface area contributed by atoms with Crippen LogP contribution in [0, 0.1) is 5.82 Å². The molecule has 0 aliphatic carbocycles. The van der Waals surface area contributed by atoms with E-state index in [4.69, 9.17) is 0 Å². The molecule has 0 bridgehead atoms. The van der Waals surface area contributed by atoms with Gasteiger partial charge in [-0.2, -0.15) is 4.98 Å². The van der Waals surface area contributed by atoms with Crippen molar-refractivity contribution in [3.05, 3.63) is 65.6 Å². The Morgan fingerprint density at radius 1 is 1.08 bits per heavy atom. The fraction of sp³-hybridized carbons (Fsp3) is 0.105. The molecule has 4 rings (SSSR count). The Balaban J connectivity index is 1.78. The molecule has 0 amide bonds. The number of rotatable bonds is 5. The van der Waals surface area contributed by atoms with Crippen LogP contribution in [0.5, 0.6) is 0 Å². The number of anilines is 2. The molecule has 0 atom stereocenters. The summed E-state index contributed by atoms with van der Waals surface area (Å²) in [6.45, 7) is 0.550. The second-order valence-electron chi connectivity index (χ2n) is 5.66. The maximum atomic E-state index is 13.3. The predicted molar refractivity (Wildman–Crippen MR) is 104 cm³/mol. The summed E-state index contributed by atoms with van der Waals surface area (Å²) >= 11 is 1.54. The second kappa shape index (κ2) is 7.05. The first kappa shape index (κ1) is 16.4. The number of nitrogens with one attached hydrogen (secondary N) is 2. The molecule has 0 aliphatic heterocycles. The summed E-state index contributed by atoms with van der Waals surface area (Å²) in [4.78, 5) is 14.3. The molecule has 26 heavy (non-hydrogen) atoms.